The van der Waals surface area contributed by atoms with Gasteiger partial charge in [0.2, 0.25) is 10.0 Å². The van der Waals surface area contributed by atoms with E-state index in [4.69, 9.17) is 0 Å². The summed E-state index contributed by atoms with van der Waals surface area (Å²) in [7, 11) is -1.32. The van der Waals surface area contributed by atoms with Gasteiger partial charge in [-0.2, -0.15) is 0 Å². The standard InChI is InChI=1S/C15H29N5O2S2/c1-6-16-15(19(5)11-14-12-23-13(4)18-14)17-9-10-24(21,22)20(7-2)8-3/h12H,6-11H2,1-5H3,(H,16,17). The van der Waals surface area contributed by atoms with Crippen LogP contribution in [0.2, 0.25) is 0 Å². The molecule has 1 aromatic rings. The van der Waals surface area contributed by atoms with Crippen LogP contribution in [0.4, 0.5) is 0 Å². The quantitative estimate of drug-likeness (QED) is 0.523. The highest BCUT2D eigenvalue weighted by molar-refractivity contribution is 7.89. The fraction of sp³-hybridized carbons (Fsp3) is 0.733. The number of thiazole rings is 1. The van der Waals surface area contributed by atoms with E-state index in [1.165, 1.54) is 4.31 Å². The molecule has 0 aromatic carbocycles. The van der Waals surface area contributed by atoms with Gasteiger partial charge in [-0.1, -0.05) is 13.8 Å². The molecule has 0 radical (unpaired) electrons. The van der Waals surface area contributed by atoms with Gasteiger partial charge < -0.3 is 10.2 Å². The van der Waals surface area contributed by atoms with Crippen LogP contribution in [0.3, 0.4) is 0 Å². The summed E-state index contributed by atoms with van der Waals surface area (Å²) in [4.78, 5) is 10.9. The predicted octanol–water partition coefficient (Wildman–Crippen LogP) is 1.52. The van der Waals surface area contributed by atoms with E-state index in [9.17, 15) is 8.42 Å². The van der Waals surface area contributed by atoms with E-state index in [-0.39, 0.29) is 12.3 Å². The number of hydrogen-bond acceptors (Lipinski definition) is 5. The molecule has 0 unspecified atom stereocenters. The first-order valence-electron chi connectivity index (χ1n) is 8.22. The Bertz CT molecular complexity index is 624. The van der Waals surface area contributed by atoms with Gasteiger partial charge in [0.25, 0.3) is 0 Å². The number of aryl methyl sites for hydroxylation is 1. The molecule has 1 heterocycles. The molecule has 24 heavy (non-hydrogen) atoms. The molecule has 0 spiro atoms. The van der Waals surface area contributed by atoms with E-state index in [2.05, 4.69) is 15.3 Å². The van der Waals surface area contributed by atoms with Crippen LogP contribution in [0.15, 0.2) is 10.4 Å². The van der Waals surface area contributed by atoms with Gasteiger partial charge >= 0.3 is 0 Å². The van der Waals surface area contributed by atoms with Crippen molar-refractivity contribution < 1.29 is 8.42 Å². The molecule has 0 bridgehead atoms. The van der Waals surface area contributed by atoms with Crippen molar-refractivity contribution in [1.82, 2.24) is 19.5 Å². The third-order valence-electron chi connectivity index (χ3n) is 3.47. The van der Waals surface area contributed by atoms with E-state index >= 15 is 0 Å². The molecule has 1 rings (SSSR count). The Morgan fingerprint density at radius 3 is 2.50 bits per heavy atom. The van der Waals surface area contributed by atoms with Crippen molar-refractivity contribution >= 4 is 27.3 Å². The van der Waals surface area contributed by atoms with E-state index in [0.717, 1.165) is 17.2 Å². The molecular formula is C15H29N5O2S2. The summed E-state index contributed by atoms with van der Waals surface area (Å²) < 4.78 is 25.9. The minimum Gasteiger partial charge on any atom is -0.357 e. The van der Waals surface area contributed by atoms with Crippen LogP contribution in [-0.4, -0.2) is 67.5 Å². The zero-order chi connectivity index (χ0) is 18.2. The lowest BCUT2D eigenvalue weighted by atomic mass is 10.4. The molecule has 7 nitrogen and oxygen atoms in total. The Labute approximate surface area is 149 Å². The maximum atomic E-state index is 12.2. The van der Waals surface area contributed by atoms with Crippen LogP contribution in [0, 0.1) is 6.92 Å². The number of rotatable bonds is 9. The maximum absolute atomic E-state index is 12.2. The van der Waals surface area contributed by atoms with Crippen LogP contribution >= 0.6 is 11.3 Å². The maximum Gasteiger partial charge on any atom is 0.215 e. The van der Waals surface area contributed by atoms with Gasteiger partial charge in [0, 0.05) is 32.1 Å². The summed E-state index contributed by atoms with van der Waals surface area (Å²) in [6, 6.07) is 0. The molecule has 0 saturated heterocycles. The zero-order valence-electron chi connectivity index (χ0n) is 15.2. The van der Waals surface area contributed by atoms with Gasteiger partial charge in [-0.3, -0.25) is 4.99 Å². The number of nitrogens with one attached hydrogen (secondary N) is 1. The van der Waals surface area contributed by atoms with Crippen molar-refractivity contribution in [2.75, 3.05) is 39.0 Å². The third-order valence-corrected chi connectivity index (χ3v) is 6.30. The molecule has 0 amide bonds. The highest BCUT2D eigenvalue weighted by Gasteiger charge is 2.18. The molecule has 0 aliphatic carbocycles. The summed E-state index contributed by atoms with van der Waals surface area (Å²) in [5.41, 5.74) is 0.987. The number of guanidine groups is 1. The summed E-state index contributed by atoms with van der Waals surface area (Å²) in [6.07, 6.45) is 0. The number of sulfonamides is 1. The summed E-state index contributed by atoms with van der Waals surface area (Å²) in [5, 5.41) is 6.26. The van der Waals surface area contributed by atoms with Gasteiger partial charge in [-0.05, 0) is 13.8 Å². The van der Waals surface area contributed by atoms with Crippen molar-refractivity contribution in [2.24, 2.45) is 4.99 Å². The van der Waals surface area contributed by atoms with Crippen molar-refractivity contribution in [2.45, 2.75) is 34.2 Å². The fourth-order valence-corrected chi connectivity index (χ4v) is 4.25. The molecule has 1 aromatic heterocycles. The smallest absolute Gasteiger partial charge is 0.215 e. The minimum atomic E-state index is -3.25. The van der Waals surface area contributed by atoms with Gasteiger partial charge in [0.05, 0.1) is 29.5 Å². The average Bonchev–Trinajstić information content (AvgIpc) is 2.92. The number of aromatic nitrogens is 1. The van der Waals surface area contributed by atoms with E-state index < -0.39 is 10.0 Å². The first kappa shape index (κ1) is 20.9. The van der Waals surface area contributed by atoms with Gasteiger partial charge in [-0.25, -0.2) is 17.7 Å². The Morgan fingerprint density at radius 1 is 1.33 bits per heavy atom. The Hall–Kier alpha value is -1.19. The van der Waals surface area contributed by atoms with Crippen molar-refractivity contribution in [3.8, 4) is 0 Å². The van der Waals surface area contributed by atoms with Crippen LogP contribution in [0.1, 0.15) is 31.5 Å². The monoisotopic (exact) mass is 375 g/mol. The lowest BCUT2D eigenvalue weighted by Crippen LogP contribution is -2.39. The van der Waals surface area contributed by atoms with Crippen LogP contribution in [-0.2, 0) is 16.6 Å². The van der Waals surface area contributed by atoms with Crippen molar-refractivity contribution in [3.63, 3.8) is 0 Å². The lowest BCUT2D eigenvalue weighted by molar-refractivity contribution is 0.445. The molecular weight excluding hydrogens is 346 g/mol. The molecule has 0 saturated carbocycles. The molecule has 1 N–H and O–H groups in total. The van der Waals surface area contributed by atoms with Crippen molar-refractivity contribution in [1.29, 1.82) is 0 Å². The summed E-state index contributed by atoms with van der Waals surface area (Å²) in [5.74, 6) is 0.714. The summed E-state index contributed by atoms with van der Waals surface area (Å²) >= 11 is 1.62. The van der Waals surface area contributed by atoms with E-state index in [0.29, 0.717) is 25.6 Å². The van der Waals surface area contributed by atoms with Crippen LogP contribution in [0.25, 0.3) is 0 Å². The Kier molecular flexibility index (Phi) is 8.65. The van der Waals surface area contributed by atoms with E-state index in [1.807, 2.05) is 45.0 Å². The highest BCUT2D eigenvalue weighted by Crippen LogP contribution is 2.10. The molecule has 138 valence electrons. The van der Waals surface area contributed by atoms with Crippen LogP contribution in [0.5, 0.6) is 0 Å². The lowest BCUT2D eigenvalue weighted by Gasteiger charge is -2.22. The molecule has 0 aliphatic rings. The molecule has 0 fully saturated rings. The number of hydrogen-bond donors (Lipinski definition) is 1. The van der Waals surface area contributed by atoms with Gasteiger partial charge in [0.15, 0.2) is 5.96 Å². The number of nitrogens with zero attached hydrogens (tertiary/aromatic N) is 4. The van der Waals surface area contributed by atoms with E-state index in [1.54, 1.807) is 11.3 Å². The van der Waals surface area contributed by atoms with Crippen LogP contribution < -0.4 is 5.32 Å². The van der Waals surface area contributed by atoms with Gasteiger partial charge in [-0.15, -0.1) is 11.3 Å². The normalized spacial score (nSPS) is 12.7. The first-order chi connectivity index (χ1) is 11.3. The second-order valence-electron chi connectivity index (χ2n) is 5.35. The van der Waals surface area contributed by atoms with Crippen molar-refractivity contribution in [3.05, 3.63) is 16.1 Å². The Balaban J connectivity index is 2.71. The Morgan fingerprint density at radius 2 is 2.00 bits per heavy atom. The predicted molar refractivity (Wildman–Crippen MR) is 101 cm³/mol. The second kappa shape index (κ2) is 9.95. The molecule has 9 heteroatoms. The minimum absolute atomic E-state index is 0.0211. The SMILES string of the molecule is CCNC(=NCCS(=O)(=O)N(CC)CC)N(C)Cc1csc(C)n1. The average molecular weight is 376 g/mol. The fourth-order valence-electron chi connectivity index (χ4n) is 2.28. The second-order valence-corrected chi connectivity index (χ2v) is 8.50. The zero-order valence-corrected chi connectivity index (χ0v) is 16.9. The van der Waals surface area contributed by atoms with Gasteiger partial charge in [0.1, 0.15) is 0 Å². The third kappa shape index (κ3) is 6.37. The number of aliphatic imine (C=N–C) groups is 1. The topological polar surface area (TPSA) is 77.9 Å². The summed E-state index contributed by atoms with van der Waals surface area (Å²) in [6.45, 7) is 10.2. The molecule has 0 aliphatic heterocycles. The largest absolute Gasteiger partial charge is 0.357 e. The highest BCUT2D eigenvalue weighted by atomic mass is 32.2. The first-order valence-corrected chi connectivity index (χ1v) is 10.7. The molecule has 0 atom stereocenters.